The minimum absolute atomic E-state index is 0.109. The Morgan fingerprint density at radius 3 is 0.697 bits per heavy atom. The maximum Gasteiger partial charge on any atom is 0.472 e. The summed E-state index contributed by atoms with van der Waals surface area (Å²) in [4.78, 5) is 73.3. The Bertz CT molecular complexity index is 2080. The van der Waals surface area contributed by atoms with Crippen LogP contribution in [0.5, 0.6) is 0 Å². The number of carbonyl (C=O) groups excluding carboxylic acids is 4. The van der Waals surface area contributed by atoms with Crippen LogP contribution in [-0.4, -0.2) is 96.7 Å². The second kappa shape index (κ2) is 81.2. The number of aliphatic hydroxyl groups excluding tert-OH is 1. The maximum absolute atomic E-state index is 13.2. The van der Waals surface area contributed by atoms with E-state index in [1.54, 1.807) is 0 Å². The summed E-state index contributed by atoms with van der Waals surface area (Å²) in [5, 5.41) is 10.7. The number of carbonyl (C=O) groups is 4. The third kappa shape index (κ3) is 82.4. The van der Waals surface area contributed by atoms with Crippen molar-refractivity contribution in [1.29, 1.82) is 0 Å². The fourth-order valence-electron chi connectivity index (χ4n) is 14.1. The van der Waals surface area contributed by atoms with Gasteiger partial charge < -0.3 is 33.8 Å². The molecule has 3 N–H and O–H groups in total. The van der Waals surface area contributed by atoms with Crippen LogP contribution >= 0.6 is 15.6 Å². The molecule has 0 fully saturated rings. The first kappa shape index (κ1) is 107. The van der Waals surface area contributed by atoms with E-state index in [2.05, 4.69) is 41.5 Å². The van der Waals surface area contributed by atoms with Gasteiger partial charge in [-0.2, -0.15) is 0 Å². The van der Waals surface area contributed by atoms with Crippen molar-refractivity contribution in [3.8, 4) is 0 Å². The molecule has 0 aromatic carbocycles. The number of rotatable bonds is 89. The molecular formula is C90H176O17P2. The predicted octanol–water partition coefficient (Wildman–Crippen LogP) is 27.8. The molecule has 0 amide bonds. The Hall–Kier alpha value is -1.94. The average molecular weight is 1590 g/mol. The molecule has 0 bridgehead atoms. The van der Waals surface area contributed by atoms with Gasteiger partial charge in [0.05, 0.1) is 26.4 Å². The molecular weight excluding hydrogens is 1410 g/mol. The van der Waals surface area contributed by atoms with Gasteiger partial charge >= 0.3 is 39.5 Å². The van der Waals surface area contributed by atoms with E-state index in [0.717, 1.165) is 102 Å². The SMILES string of the molecule is CCCCCCCCCCCCCCCCCCC(=O)O[C@H](COC(=O)CCCCCCCCCCCC)COP(=O)(O)OC[C@H](O)COP(=O)(O)OC[C@@H](COC(=O)CCCCCCCCCCCCCCCCCCCCC(C)C)OC(=O)CCCCCCCCCCCCCCCCCCCCC(C)CC. The van der Waals surface area contributed by atoms with Crippen LogP contribution in [0, 0.1) is 11.8 Å². The molecule has 0 heterocycles. The summed E-state index contributed by atoms with van der Waals surface area (Å²) in [7, 11) is -9.93. The molecule has 0 saturated heterocycles. The van der Waals surface area contributed by atoms with Gasteiger partial charge in [-0.1, -0.05) is 433 Å². The molecule has 648 valence electrons. The van der Waals surface area contributed by atoms with Gasteiger partial charge in [-0.25, -0.2) is 9.13 Å². The van der Waals surface area contributed by atoms with E-state index in [9.17, 15) is 43.2 Å². The molecule has 0 rings (SSSR count). The lowest BCUT2D eigenvalue weighted by Crippen LogP contribution is -2.30. The highest BCUT2D eigenvalue weighted by molar-refractivity contribution is 7.47. The molecule has 109 heavy (non-hydrogen) atoms. The Morgan fingerprint density at radius 1 is 0.266 bits per heavy atom. The lowest BCUT2D eigenvalue weighted by molar-refractivity contribution is -0.161. The van der Waals surface area contributed by atoms with E-state index >= 15 is 0 Å². The summed E-state index contributed by atoms with van der Waals surface area (Å²) in [6, 6.07) is 0. The van der Waals surface area contributed by atoms with Crippen LogP contribution in [0.15, 0.2) is 0 Å². The normalized spacial score (nSPS) is 14.0. The molecule has 19 heteroatoms. The minimum Gasteiger partial charge on any atom is -0.462 e. The fourth-order valence-corrected chi connectivity index (χ4v) is 15.7. The maximum atomic E-state index is 13.2. The monoisotopic (exact) mass is 1590 g/mol. The highest BCUT2D eigenvalue weighted by Crippen LogP contribution is 2.45. The zero-order valence-corrected chi connectivity index (χ0v) is 73.7. The highest BCUT2D eigenvalue weighted by atomic mass is 31.2. The summed E-state index contributed by atoms with van der Waals surface area (Å²) in [6.07, 6.45) is 75.0. The third-order valence-electron chi connectivity index (χ3n) is 21.6. The summed E-state index contributed by atoms with van der Waals surface area (Å²) in [5.74, 6) is -0.402. The number of unbranched alkanes of at least 4 members (excludes halogenated alkanes) is 58. The molecule has 0 aliphatic heterocycles. The number of hydrogen-bond acceptors (Lipinski definition) is 15. The van der Waals surface area contributed by atoms with Crippen molar-refractivity contribution in [2.45, 2.75) is 503 Å². The van der Waals surface area contributed by atoms with Gasteiger partial charge in [0, 0.05) is 25.7 Å². The third-order valence-corrected chi connectivity index (χ3v) is 23.5. The average Bonchev–Trinajstić information content (AvgIpc) is 0.900. The molecule has 0 radical (unpaired) electrons. The molecule has 0 aliphatic carbocycles. The van der Waals surface area contributed by atoms with Crippen molar-refractivity contribution in [3.05, 3.63) is 0 Å². The second-order valence-electron chi connectivity index (χ2n) is 33.1. The quantitative estimate of drug-likeness (QED) is 0.0222. The van der Waals surface area contributed by atoms with Crippen LogP contribution in [0.2, 0.25) is 0 Å². The molecule has 0 aromatic heterocycles. The lowest BCUT2D eigenvalue weighted by atomic mass is 9.99. The standard InChI is InChI=1S/C90H176O17P2/c1-7-10-12-14-16-18-20-21-22-33-39-44-50-56-62-68-74-89(94)106-85(78-100-87(92)72-66-60-54-48-19-17-15-13-11-8-2)80-104-108(96,97)102-76-84(91)77-103-109(98,99)105-81-86(79-101-88(93)73-67-61-55-49-43-38-34-29-25-23-27-31-36-41-46-52-58-64-70-82(4)5)107-90(95)75-69-63-57-51-45-40-35-30-26-24-28-32-37-42-47-53-59-65-71-83(6)9-3/h82-86,91H,7-81H2,1-6H3,(H,96,97)(H,98,99)/t83?,84-,85+,86+/m0/s1. The van der Waals surface area contributed by atoms with Crippen LogP contribution in [0.25, 0.3) is 0 Å². The van der Waals surface area contributed by atoms with Crippen molar-refractivity contribution in [3.63, 3.8) is 0 Å². The fraction of sp³-hybridized carbons (Fsp3) is 0.956. The minimum atomic E-state index is -4.97. The van der Waals surface area contributed by atoms with E-state index in [-0.39, 0.29) is 25.7 Å². The molecule has 0 aromatic rings. The number of esters is 4. The van der Waals surface area contributed by atoms with Crippen LogP contribution in [-0.2, 0) is 65.4 Å². The van der Waals surface area contributed by atoms with Gasteiger partial charge in [-0.3, -0.25) is 37.3 Å². The van der Waals surface area contributed by atoms with E-state index in [1.807, 2.05) is 0 Å². The zero-order valence-electron chi connectivity index (χ0n) is 71.9. The Balaban J connectivity index is 5.21. The van der Waals surface area contributed by atoms with Gasteiger partial charge in [0.1, 0.15) is 19.3 Å². The molecule has 0 aliphatic rings. The topological polar surface area (TPSA) is 237 Å². The first-order valence-corrected chi connectivity index (χ1v) is 49.5. The van der Waals surface area contributed by atoms with Crippen LogP contribution < -0.4 is 0 Å². The first-order valence-electron chi connectivity index (χ1n) is 46.5. The van der Waals surface area contributed by atoms with Gasteiger partial charge in [-0.15, -0.1) is 0 Å². The van der Waals surface area contributed by atoms with Crippen molar-refractivity contribution in [1.82, 2.24) is 0 Å². The molecule has 0 saturated carbocycles. The van der Waals surface area contributed by atoms with E-state index in [0.29, 0.717) is 25.7 Å². The predicted molar refractivity (Wildman–Crippen MR) is 451 cm³/mol. The van der Waals surface area contributed by atoms with Crippen molar-refractivity contribution in [2.24, 2.45) is 11.8 Å². The molecule has 6 atom stereocenters. The molecule has 3 unspecified atom stereocenters. The van der Waals surface area contributed by atoms with E-state index in [4.69, 9.17) is 37.0 Å². The van der Waals surface area contributed by atoms with Gasteiger partial charge in [0.15, 0.2) is 12.2 Å². The zero-order chi connectivity index (χ0) is 79.9. The summed E-state index contributed by atoms with van der Waals surface area (Å²) < 4.78 is 69.0. The van der Waals surface area contributed by atoms with E-state index in [1.165, 1.54) is 302 Å². The van der Waals surface area contributed by atoms with Gasteiger partial charge in [0.2, 0.25) is 0 Å². The number of phosphoric ester groups is 2. The smallest absolute Gasteiger partial charge is 0.462 e. The first-order chi connectivity index (χ1) is 52.9. The van der Waals surface area contributed by atoms with Crippen molar-refractivity contribution >= 4 is 39.5 Å². The number of aliphatic hydroxyl groups is 1. The largest absolute Gasteiger partial charge is 0.472 e. The summed E-state index contributed by atoms with van der Waals surface area (Å²) >= 11 is 0. The molecule has 0 spiro atoms. The van der Waals surface area contributed by atoms with E-state index < -0.39 is 97.5 Å². The van der Waals surface area contributed by atoms with Crippen LogP contribution in [0.1, 0.15) is 485 Å². The summed E-state index contributed by atoms with van der Waals surface area (Å²) in [6.45, 7) is 9.79. The van der Waals surface area contributed by atoms with Gasteiger partial charge in [-0.05, 0) is 37.5 Å². The summed E-state index contributed by atoms with van der Waals surface area (Å²) in [5.41, 5.74) is 0. The Labute approximate surface area is 670 Å². The van der Waals surface area contributed by atoms with Gasteiger partial charge in [0.25, 0.3) is 0 Å². The second-order valence-corrected chi connectivity index (χ2v) is 36.0. The van der Waals surface area contributed by atoms with Crippen LogP contribution in [0.3, 0.4) is 0 Å². The Morgan fingerprint density at radius 2 is 0.468 bits per heavy atom. The van der Waals surface area contributed by atoms with Crippen molar-refractivity contribution in [2.75, 3.05) is 39.6 Å². The number of ether oxygens (including phenoxy) is 4. The highest BCUT2D eigenvalue weighted by Gasteiger charge is 2.31. The van der Waals surface area contributed by atoms with Crippen molar-refractivity contribution < 1.29 is 80.2 Å². The number of phosphoric acid groups is 2. The number of hydrogen-bond donors (Lipinski definition) is 3. The van der Waals surface area contributed by atoms with Crippen LogP contribution in [0.4, 0.5) is 0 Å². The Kier molecular flexibility index (Phi) is 79.8. The lowest BCUT2D eigenvalue weighted by Gasteiger charge is -2.21. The molecule has 17 nitrogen and oxygen atoms in total.